The third-order valence-corrected chi connectivity index (χ3v) is 3.98. The molecule has 0 heterocycles. The SMILES string of the molecule is Cc1cc(O)c(Cl)c(C2(C(=O)O)CCCC2)c1. The number of carbonyl (C=O) groups is 1. The molecule has 3 nitrogen and oxygen atoms in total. The minimum absolute atomic E-state index is 0.0332. The highest BCUT2D eigenvalue weighted by Gasteiger charge is 2.44. The van der Waals surface area contributed by atoms with E-state index in [-0.39, 0.29) is 10.8 Å². The van der Waals surface area contributed by atoms with Crippen LogP contribution in [0.15, 0.2) is 12.1 Å². The quantitative estimate of drug-likeness (QED) is 0.852. The van der Waals surface area contributed by atoms with Crippen LogP contribution in [0.2, 0.25) is 5.02 Å². The molecule has 92 valence electrons. The minimum Gasteiger partial charge on any atom is -0.506 e. The van der Waals surface area contributed by atoms with Gasteiger partial charge in [0, 0.05) is 0 Å². The van der Waals surface area contributed by atoms with E-state index in [1.54, 1.807) is 12.1 Å². The predicted octanol–water partition coefficient (Wildman–Crippen LogP) is 3.25. The van der Waals surface area contributed by atoms with Crippen LogP contribution in [-0.4, -0.2) is 16.2 Å². The smallest absolute Gasteiger partial charge is 0.314 e. The number of phenols is 1. The second-order valence-corrected chi connectivity index (χ2v) is 5.12. The molecular formula is C13H15ClO3. The molecule has 0 amide bonds. The van der Waals surface area contributed by atoms with Gasteiger partial charge in [-0.15, -0.1) is 0 Å². The number of carboxylic acid groups (broad SMARTS) is 1. The molecule has 2 rings (SSSR count). The molecule has 1 aliphatic rings. The number of aryl methyl sites for hydroxylation is 1. The second-order valence-electron chi connectivity index (χ2n) is 4.74. The van der Waals surface area contributed by atoms with Gasteiger partial charge in [0.2, 0.25) is 0 Å². The van der Waals surface area contributed by atoms with Crippen molar-refractivity contribution in [1.29, 1.82) is 0 Å². The molecule has 4 heteroatoms. The normalized spacial score (nSPS) is 18.2. The molecule has 1 aromatic rings. The first-order valence-electron chi connectivity index (χ1n) is 5.70. The summed E-state index contributed by atoms with van der Waals surface area (Å²) in [5, 5.41) is 19.4. The van der Waals surface area contributed by atoms with Crippen molar-refractivity contribution in [2.24, 2.45) is 0 Å². The molecule has 1 saturated carbocycles. The van der Waals surface area contributed by atoms with E-state index in [1.165, 1.54) is 0 Å². The van der Waals surface area contributed by atoms with E-state index in [0.29, 0.717) is 18.4 Å². The van der Waals surface area contributed by atoms with Crippen molar-refractivity contribution in [3.05, 3.63) is 28.3 Å². The summed E-state index contributed by atoms with van der Waals surface area (Å²) in [5.41, 5.74) is 0.469. The van der Waals surface area contributed by atoms with Gasteiger partial charge in [-0.3, -0.25) is 4.79 Å². The predicted molar refractivity (Wildman–Crippen MR) is 65.6 cm³/mol. The lowest BCUT2D eigenvalue weighted by Gasteiger charge is -2.26. The van der Waals surface area contributed by atoms with Gasteiger partial charge in [-0.05, 0) is 37.0 Å². The summed E-state index contributed by atoms with van der Waals surface area (Å²) < 4.78 is 0. The summed E-state index contributed by atoms with van der Waals surface area (Å²) in [6, 6.07) is 3.33. The Hall–Kier alpha value is -1.22. The molecule has 0 spiro atoms. The Morgan fingerprint density at radius 1 is 1.35 bits per heavy atom. The summed E-state index contributed by atoms with van der Waals surface area (Å²) in [4.78, 5) is 11.6. The average Bonchev–Trinajstić information content (AvgIpc) is 2.73. The Balaban J connectivity index is 2.62. The zero-order valence-corrected chi connectivity index (χ0v) is 10.4. The van der Waals surface area contributed by atoms with Gasteiger partial charge in [0.25, 0.3) is 0 Å². The first-order valence-corrected chi connectivity index (χ1v) is 6.08. The number of carboxylic acids is 1. The van der Waals surface area contributed by atoms with Crippen molar-refractivity contribution >= 4 is 17.6 Å². The van der Waals surface area contributed by atoms with Crippen LogP contribution in [0.1, 0.15) is 36.8 Å². The summed E-state index contributed by atoms with van der Waals surface area (Å²) in [7, 11) is 0. The van der Waals surface area contributed by atoms with Crippen molar-refractivity contribution in [3.63, 3.8) is 0 Å². The molecule has 0 aliphatic heterocycles. The molecule has 0 radical (unpaired) electrons. The molecule has 0 saturated heterocycles. The van der Waals surface area contributed by atoms with Crippen LogP contribution in [0.4, 0.5) is 0 Å². The van der Waals surface area contributed by atoms with Crippen LogP contribution >= 0.6 is 11.6 Å². The van der Waals surface area contributed by atoms with Crippen LogP contribution in [0.25, 0.3) is 0 Å². The third-order valence-electron chi connectivity index (χ3n) is 3.58. The van der Waals surface area contributed by atoms with Gasteiger partial charge >= 0.3 is 5.97 Å². The van der Waals surface area contributed by atoms with E-state index in [1.807, 2.05) is 6.92 Å². The summed E-state index contributed by atoms with van der Waals surface area (Å²) in [6.45, 7) is 1.82. The fourth-order valence-corrected chi connectivity index (χ4v) is 2.96. The van der Waals surface area contributed by atoms with E-state index < -0.39 is 11.4 Å². The Bertz CT molecular complexity index is 462. The zero-order chi connectivity index (χ0) is 12.6. The average molecular weight is 255 g/mol. The fourth-order valence-electron chi connectivity index (χ4n) is 2.67. The van der Waals surface area contributed by atoms with Crippen molar-refractivity contribution in [1.82, 2.24) is 0 Å². The fraction of sp³-hybridized carbons (Fsp3) is 0.462. The zero-order valence-electron chi connectivity index (χ0n) is 9.66. The van der Waals surface area contributed by atoms with Gasteiger partial charge < -0.3 is 10.2 Å². The Kier molecular flexibility index (Phi) is 3.04. The van der Waals surface area contributed by atoms with Crippen molar-refractivity contribution < 1.29 is 15.0 Å². The molecule has 17 heavy (non-hydrogen) atoms. The molecule has 0 atom stereocenters. The second kappa shape index (κ2) is 4.22. The maximum Gasteiger partial charge on any atom is 0.314 e. The minimum atomic E-state index is -0.916. The highest BCUT2D eigenvalue weighted by Crippen LogP contribution is 2.46. The first kappa shape index (κ1) is 12.2. The molecule has 1 fully saturated rings. The maximum atomic E-state index is 11.6. The maximum absolute atomic E-state index is 11.6. The Labute approximate surface area is 105 Å². The summed E-state index contributed by atoms with van der Waals surface area (Å²) in [5.74, 6) is -0.879. The van der Waals surface area contributed by atoms with E-state index >= 15 is 0 Å². The lowest BCUT2D eigenvalue weighted by molar-refractivity contribution is -0.143. The number of aliphatic carboxylic acids is 1. The highest BCUT2D eigenvalue weighted by atomic mass is 35.5. The van der Waals surface area contributed by atoms with Crippen LogP contribution in [0.3, 0.4) is 0 Å². The Morgan fingerprint density at radius 2 is 1.94 bits per heavy atom. The van der Waals surface area contributed by atoms with Gasteiger partial charge in [-0.1, -0.05) is 30.5 Å². The van der Waals surface area contributed by atoms with Gasteiger partial charge in [0.1, 0.15) is 5.75 Å². The highest BCUT2D eigenvalue weighted by molar-refractivity contribution is 6.33. The number of hydrogen-bond acceptors (Lipinski definition) is 2. The largest absolute Gasteiger partial charge is 0.506 e. The van der Waals surface area contributed by atoms with E-state index in [2.05, 4.69) is 0 Å². The van der Waals surface area contributed by atoms with Gasteiger partial charge in [-0.25, -0.2) is 0 Å². The van der Waals surface area contributed by atoms with Crippen molar-refractivity contribution in [3.8, 4) is 5.75 Å². The lowest BCUT2D eigenvalue weighted by atomic mass is 9.78. The van der Waals surface area contributed by atoms with Crippen LogP contribution in [-0.2, 0) is 10.2 Å². The number of halogens is 1. The first-order chi connectivity index (χ1) is 7.97. The van der Waals surface area contributed by atoms with E-state index in [9.17, 15) is 15.0 Å². The topological polar surface area (TPSA) is 57.5 Å². The Morgan fingerprint density at radius 3 is 2.47 bits per heavy atom. The lowest BCUT2D eigenvalue weighted by Crippen LogP contribution is -2.33. The molecule has 2 N–H and O–H groups in total. The number of phenolic OH excluding ortho intramolecular Hbond substituents is 1. The number of benzene rings is 1. The number of aromatic hydroxyl groups is 1. The number of rotatable bonds is 2. The van der Waals surface area contributed by atoms with Gasteiger partial charge in [0.05, 0.1) is 10.4 Å². The van der Waals surface area contributed by atoms with Crippen LogP contribution < -0.4 is 0 Å². The summed E-state index contributed by atoms with van der Waals surface area (Å²) >= 11 is 6.07. The summed E-state index contributed by atoms with van der Waals surface area (Å²) in [6.07, 6.45) is 2.95. The monoisotopic (exact) mass is 254 g/mol. The van der Waals surface area contributed by atoms with Crippen LogP contribution in [0, 0.1) is 6.92 Å². The molecule has 0 bridgehead atoms. The standard InChI is InChI=1S/C13H15ClO3/c1-8-6-9(11(14)10(15)7-8)13(12(16)17)4-2-3-5-13/h6-7,15H,2-5H2,1H3,(H,16,17). The molecule has 1 aromatic carbocycles. The van der Waals surface area contributed by atoms with E-state index in [4.69, 9.17) is 11.6 Å². The van der Waals surface area contributed by atoms with Crippen LogP contribution in [0.5, 0.6) is 5.75 Å². The molecule has 0 unspecified atom stereocenters. The van der Waals surface area contributed by atoms with Gasteiger partial charge in [0.15, 0.2) is 0 Å². The van der Waals surface area contributed by atoms with E-state index in [0.717, 1.165) is 18.4 Å². The molecule has 0 aromatic heterocycles. The van der Waals surface area contributed by atoms with Crippen molar-refractivity contribution in [2.45, 2.75) is 38.0 Å². The molecule has 1 aliphatic carbocycles. The number of hydrogen-bond donors (Lipinski definition) is 2. The van der Waals surface area contributed by atoms with Gasteiger partial charge in [-0.2, -0.15) is 0 Å². The van der Waals surface area contributed by atoms with Crippen molar-refractivity contribution in [2.75, 3.05) is 0 Å². The third kappa shape index (κ3) is 1.89. The molecular weight excluding hydrogens is 240 g/mol.